The van der Waals surface area contributed by atoms with E-state index in [0.717, 1.165) is 25.3 Å². The molecular weight excluding hydrogens is 223 g/mol. The minimum atomic E-state index is 0. The molecule has 2 rings (SSSR count). The van der Waals surface area contributed by atoms with Crippen LogP contribution >= 0.6 is 24.8 Å². The highest BCUT2D eigenvalue weighted by molar-refractivity contribution is 5.85. The lowest BCUT2D eigenvalue weighted by Gasteiger charge is -2.14. The fraction of sp³-hybridized carbons (Fsp3) is 0.500. The Labute approximate surface area is 95.7 Å². The molecule has 80 valence electrons. The van der Waals surface area contributed by atoms with Gasteiger partial charge in [-0.2, -0.15) is 5.10 Å². The fourth-order valence-electron chi connectivity index (χ4n) is 1.46. The van der Waals surface area contributed by atoms with Crippen molar-refractivity contribution in [3.05, 3.63) is 18.3 Å². The molecular formula is C8H14Cl2N4. The minimum absolute atomic E-state index is 0. The zero-order chi connectivity index (χ0) is 8.39. The van der Waals surface area contributed by atoms with Gasteiger partial charge >= 0.3 is 0 Å². The Kier molecular flexibility index (Phi) is 5.76. The quantitative estimate of drug-likeness (QED) is 0.787. The zero-order valence-electron chi connectivity index (χ0n) is 7.67. The van der Waals surface area contributed by atoms with Crippen LogP contribution in [0.25, 0.3) is 0 Å². The van der Waals surface area contributed by atoms with E-state index in [9.17, 15) is 0 Å². The Morgan fingerprint density at radius 1 is 1.43 bits per heavy atom. The number of nitrogens with zero attached hydrogens (tertiary/aromatic N) is 3. The summed E-state index contributed by atoms with van der Waals surface area (Å²) >= 11 is 0. The SMILES string of the molecule is Cl.Cl.N[C@@H]1CCN(c2cccnn2)C1. The van der Waals surface area contributed by atoms with Gasteiger partial charge in [0.15, 0.2) is 5.82 Å². The summed E-state index contributed by atoms with van der Waals surface area (Å²) in [6, 6.07) is 4.16. The van der Waals surface area contributed by atoms with Gasteiger partial charge in [0.2, 0.25) is 0 Å². The maximum absolute atomic E-state index is 5.77. The van der Waals surface area contributed by atoms with Crippen molar-refractivity contribution in [1.29, 1.82) is 0 Å². The van der Waals surface area contributed by atoms with Crippen LogP contribution in [-0.2, 0) is 0 Å². The van der Waals surface area contributed by atoms with Gasteiger partial charge in [0.25, 0.3) is 0 Å². The maximum Gasteiger partial charge on any atom is 0.151 e. The largest absolute Gasteiger partial charge is 0.354 e. The first-order chi connectivity index (χ1) is 5.86. The molecule has 6 heteroatoms. The predicted octanol–water partition coefficient (Wildman–Crippen LogP) is 0.858. The summed E-state index contributed by atoms with van der Waals surface area (Å²) in [5.41, 5.74) is 5.77. The Bertz CT molecular complexity index is 257. The molecule has 0 bridgehead atoms. The third kappa shape index (κ3) is 2.97. The van der Waals surface area contributed by atoms with Crippen molar-refractivity contribution in [2.75, 3.05) is 18.0 Å². The van der Waals surface area contributed by atoms with Crippen LogP contribution in [0.15, 0.2) is 18.3 Å². The van der Waals surface area contributed by atoms with E-state index in [0.29, 0.717) is 6.04 Å². The molecule has 1 atom stereocenters. The second-order valence-corrected chi connectivity index (χ2v) is 3.08. The minimum Gasteiger partial charge on any atom is -0.354 e. The number of halogens is 2. The smallest absolute Gasteiger partial charge is 0.151 e. The fourth-order valence-corrected chi connectivity index (χ4v) is 1.46. The van der Waals surface area contributed by atoms with Gasteiger partial charge in [0, 0.05) is 25.3 Å². The van der Waals surface area contributed by atoms with E-state index in [-0.39, 0.29) is 24.8 Å². The molecule has 0 radical (unpaired) electrons. The van der Waals surface area contributed by atoms with E-state index in [1.165, 1.54) is 0 Å². The third-order valence-electron chi connectivity index (χ3n) is 2.11. The van der Waals surface area contributed by atoms with Gasteiger partial charge in [0.1, 0.15) is 0 Å². The van der Waals surface area contributed by atoms with Crippen LogP contribution in [0.1, 0.15) is 6.42 Å². The summed E-state index contributed by atoms with van der Waals surface area (Å²) in [4.78, 5) is 2.16. The molecule has 1 aromatic rings. The van der Waals surface area contributed by atoms with Crippen molar-refractivity contribution in [3.63, 3.8) is 0 Å². The number of nitrogens with two attached hydrogens (primary N) is 1. The van der Waals surface area contributed by atoms with Crippen LogP contribution in [0, 0.1) is 0 Å². The summed E-state index contributed by atoms with van der Waals surface area (Å²) in [5.74, 6) is 0.936. The molecule has 1 fully saturated rings. The van der Waals surface area contributed by atoms with Crippen molar-refractivity contribution < 1.29 is 0 Å². The highest BCUT2D eigenvalue weighted by Crippen LogP contribution is 2.14. The second-order valence-electron chi connectivity index (χ2n) is 3.08. The molecule has 0 unspecified atom stereocenters. The molecule has 0 aromatic carbocycles. The number of aromatic nitrogens is 2. The molecule has 2 heterocycles. The van der Waals surface area contributed by atoms with Gasteiger partial charge in [-0.25, -0.2) is 0 Å². The number of rotatable bonds is 1. The summed E-state index contributed by atoms with van der Waals surface area (Å²) in [5, 5.41) is 7.84. The molecule has 1 aliphatic rings. The molecule has 1 aromatic heterocycles. The highest BCUT2D eigenvalue weighted by Gasteiger charge is 2.19. The van der Waals surface area contributed by atoms with Crippen molar-refractivity contribution in [3.8, 4) is 0 Å². The third-order valence-corrected chi connectivity index (χ3v) is 2.11. The number of hydrogen-bond acceptors (Lipinski definition) is 4. The topological polar surface area (TPSA) is 55.0 Å². The van der Waals surface area contributed by atoms with E-state index < -0.39 is 0 Å². The van der Waals surface area contributed by atoms with E-state index in [2.05, 4.69) is 15.1 Å². The molecule has 0 spiro atoms. The molecule has 1 saturated heterocycles. The monoisotopic (exact) mass is 236 g/mol. The number of hydrogen-bond donors (Lipinski definition) is 1. The van der Waals surface area contributed by atoms with E-state index in [1.54, 1.807) is 6.20 Å². The standard InChI is InChI=1S/C8H12N4.2ClH/c9-7-3-5-12(6-7)8-2-1-4-10-11-8;;/h1-2,4,7H,3,5-6,9H2;2*1H/t7-;;/m1../s1. The van der Waals surface area contributed by atoms with Gasteiger partial charge in [-0.1, -0.05) is 0 Å². The lowest BCUT2D eigenvalue weighted by atomic mass is 10.3. The first-order valence-electron chi connectivity index (χ1n) is 4.14. The van der Waals surface area contributed by atoms with E-state index >= 15 is 0 Å². The van der Waals surface area contributed by atoms with Crippen LogP contribution in [-0.4, -0.2) is 29.3 Å². The molecule has 0 aliphatic carbocycles. The van der Waals surface area contributed by atoms with Crippen LogP contribution in [0.4, 0.5) is 5.82 Å². The molecule has 1 aliphatic heterocycles. The molecule has 4 nitrogen and oxygen atoms in total. The maximum atomic E-state index is 5.77. The van der Waals surface area contributed by atoms with Gasteiger partial charge in [0.05, 0.1) is 0 Å². The van der Waals surface area contributed by atoms with Crippen molar-refractivity contribution in [1.82, 2.24) is 10.2 Å². The van der Waals surface area contributed by atoms with Crippen LogP contribution in [0.2, 0.25) is 0 Å². The Morgan fingerprint density at radius 3 is 2.71 bits per heavy atom. The van der Waals surface area contributed by atoms with Crippen LogP contribution < -0.4 is 10.6 Å². The summed E-state index contributed by atoms with van der Waals surface area (Å²) in [6.45, 7) is 1.90. The van der Waals surface area contributed by atoms with Crippen LogP contribution in [0.5, 0.6) is 0 Å². The molecule has 2 N–H and O–H groups in total. The lowest BCUT2D eigenvalue weighted by molar-refractivity contribution is 0.750. The summed E-state index contributed by atoms with van der Waals surface area (Å²) in [6.07, 6.45) is 2.73. The average Bonchev–Trinajstić information content (AvgIpc) is 2.54. The molecule has 0 amide bonds. The Hall–Kier alpha value is -0.580. The average molecular weight is 237 g/mol. The lowest BCUT2D eigenvalue weighted by Crippen LogP contribution is -2.26. The van der Waals surface area contributed by atoms with Gasteiger partial charge in [-0.05, 0) is 18.6 Å². The number of anilines is 1. The van der Waals surface area contributed by atoms with Gasteiger partial charge in [-0.3, -0.25) is 0 Å². The second kappa shape index (κ2) is 6.01. The molecule has 14 heavy (non-hydrogen) atoms. The van der Waals surface area contributed by atoms with Crippen molar-refractivity contribution in [2.24, 2.45) is 5.73 Å². The molecule has 0 saturated carbocycles. The first-order valence-corrected chi connectivity index (χ1v) is 4.14. The van der Waals surface area contributed by atoms with Crippen molar-refractivity contribution >= 4 is 30.6 Å². The zero-order valence-corrected chi connectivity index (χ0v) is 9.30. The first kappa shape index (κ1) is 13.4. The normalized spacial score (nSPS) is 19.8. The summed E-state index contributed by atoms with van der Waals surface area (Å²) in [7, 11) is 0. The van der Waals surface area contributed by atoms with Crippen molar-refractivity contribution in [2.45, 2.75) is 12.5 Å². The summed E-state index contributed by atoms with van der Waals surface area (Å²) < 4.78 is 0. The van der Waals surface area contributed by atoms with Gasteiger partial charge < -0.3 is 10.6 Å². The van der Waals surface area contributed by atoms with E-state index in [4.69, 9.17) is 5.73 Å². The highest BCUT2D eigenvalue weighted by atomic mass is 35.5. The predicted molar refractivity (Wildman–Crippen MR) is 61.3 cm³/mol. The van der Waals surface area contributed by atoms with Crippen LogP contribution in [0.3, 0.4) is 0 Å². The van der Waals surface area contributed by atoms with Gasteiger partial charge in [-0.15, -0.1) is 29.9 Å². The van der Waals surface area contributed by atoms with E-state index in [1.807, 2.05) is 12.1 Å². The Morgan fingerprint density at radius 2 is 2.21 bits per heavy atom. The Balaban J connectivity index is 0.000000845.